The summed E-state index contributed by atoms with van der Waals surface area (Å²) in [5.74, 6) is 0.139. The van der Waals surface area contributed by atoms with Gasteiger partial charge in [0.05, 0.1) is 0 Å². The second kappa shape index (κ2) is 6.42. The molecule has 4 aromatic rings. The molecule has 0 saturated heterocycles. The smallest absolute Gasteiger partial charge is 0.406 e. The van der Waals surface area contributed by atoms with Gasteiger partial charge in [0, 0.05) is 11.8 Å². The Balaban J connectivity index is 1.80. The van der Waals surface area contributed by atoms with Crippen LogP contribution < -0.4 is 4.74 Å². The van der Waals surface area contributed by atoms with Gasteiger partial charge in [0.15, 0.2) is 11.5 Å². The highest BCUT2D eigenvalue weighted by atomic mass is 19.4. The van der Waals surface area contributed by atoms with E-state index in [0.29, 0.717) is 17.0 Å². The summed E-state index contributed by atoms with van der Waals surface area (Å²) in [6, 6.07) is 17.4. The molecule has 0 radical (unpaired) electrons. The second-order valence-corrected chi connectivity index (χ2v) is 6.06. The van der Waals surface area contributed by atoms with Gasteiger partial charge in [-0.25, -0.2) is 0 Å². The minimum Gasteiger partial charge on any atom is -0.406 e. The predicted molar refractivity (Wildman–Crippen MR) is 95.3 cm³/mol. The maximum Gasteiger partial charge on any atom is 0.573 e. The molecular weight excluding hydrogens is 355 g/mol. The molecule has 7 heteroatoms. The molecule has 27 heavy (non-hydrogen) atoms. The number of aromatic nitrogens is 3. The van der Waals surface area contributed by atoms with Crippen molar-refractivity contribution in [3.63, 3.8) is 0 Å². The molecule has 4 rings (SSSR count). The van der Waals surface area contributed by atoms with Crippen molar-refractivity contribution in [2.75, 3.05) is 0 Å². The van der Waals surface area contributed by atoms with E-state index in [4.69, 9.17) is 0 Å². The summed E-state index contributed by atoms with van der Waals surface area (Å²) in [6.07, 6.45) is -2.87. The van der Waals surface area contributed by atoms with Gasteiger partial charge >= 0.3 is 6.36 Å². The number of hydrogen-bond acceptors (Lipinski definition) is 3. The van der Waals surface area contributed by atoms with E-state index in [1.165, 1.54) is 18.2 Å². The van der Waals surface area contributed by atoms with E-state index in [2.05, 4.69) is 14.9 Å². The zero-order valence-electron chi connectivity index (χ0n) is 14.2. The third-order valence-corrected chi connectivity index (χ3v) is 4.18. The summed E-state index contributed by atoms with van der Waals surface area (Å²) in [4.78, 5) is 0. The SMILES string of the molecule is Cc1ccccc1-c1ccc2nnc(-c3cccc(OC(F)(F)F)c3)n2c1. The number of nitrogens with zero attached hydrogens (tertiary/aromatic N) is 3. The standard InChI is InChI=1S/C20H14F3N3O/c1-13-5-2-3-8-17(13)15-9-10-18-24-25-19(26(18)12-15)14-6-4-7-16(11-14)27-20(21,22)23/h2-12H,1H3. The first-order chi connectivity index (χ1) is 12.9. The number of ether oxygens (including phenoxy) is 1. The first-order valence-electron chi connectivity index (χ1n) is 8.18. The molecule has 2 aromatic heterocycles. The maximum atomic E-state index is 12.5. The lowest BCUT2D eigenvalue weighted by Crippen LogP contribution is -2.17. The van der Waals surface area contributed by atoms with Crippen molar-refractivity contribution in [3.8, 4) is 28.3 Å². The van der Waals surface area contributed by atoms with E-state index in [-0.39, 0.29) is 5.75 Å². The highest BCUT2D eigenvalue weighted by Crippen LogP contribution is 2.29. The third-order valence-electron chi connectivity index (χ3n) is 4.18. The monoisotopic (exact) mass is 369 g/mol. The predicted octanol–water partition coefficient (Wildman–Crippen LogP) is 5.27. The lowest BCUT2D eigenvalue weighted by atomic mass is 10.0. The van der Waals surface area contributed by atoms with Crippen molar-refractivity contribution in [1.82, 2.24) is 14.6 Å². The summed E-state index contributed by atoms with van der Waals surface area (Å²) < 4.78 is 43.2. The van der Waals surface area contributed by atoms with Crippen molar-refractivity contribution in [1.29, 1.82) is 0 Å². The molecule has 0 fully saturated rings. The number of alkyl halides is 3. The quantitative estimate of drug-likeness (QED) is 0.494. The first-order valence-corrected chi connectivity index (χ1v) is 8.18. The van der Waals surface area contributed by atoms with E-state index in [1.807, 2.05) is 49.5 Å². The fourth-order valence-corrected chi connectivity index (χ4v) is 2.98. The number of hydrogen-bond donors (Lipinski definition) is 0. The molecule has 4 nitrogen and oxygen atoms in total. The van der Waals surface area contributed by atoms with Crippen molar-refractivity contribution in [2.45, 2.75) is 13.3 Å². The molecule has 0 aliphatic heterocycles. The van der Waals surface area contributed by atoms with Crippen LogP contribution in [0.25, 0.3) is 28.2 Å². The Hall–Kier alpha value is -3.35. The topological polar surface area (TPSA) is 39.4 Å². The van der Waals surface area contributed by atoms with Gasteiger partial charge in [0.25, 0.3) is 0 Å². The number of benzene rings is 2. The molecule has 0 spiro atoms. The average molecular weight is 369 g/mol. The molecule has 0 bridgehead atoms. The van der Waals surface area contributed by atoms with Crippen LogP contribution in [0.15, 0.2) is 66.9 Å². The van der Waals surface area contributed by atoms with Crippen LogP contribution in [0.5, 0.6) is 5.75 Å². The van der Waals surface area contributed by atoms with Gasteiger partial charge in [-0.05, 0) is 47.9 Å². The molecule has 0 unspecified atom stereocenters. The molecule has 0 aliphatic rings. The lowest BCUT2D eigenvalue weighted by Gasteiger charge is -2.10. The molecule has 0 N–H and O–H groups in total. The van der Waals surface area contributed by atoms with Crippen LogP contribution in [-0.2, 0) is 0 Å². The second-order valence-electron chi connectivity index (χ2n) is 6.06. The van der Waals surface area contributed by atoms with Gasteiger partial charge in [0.1, 0.15) is 5.75 Å². The Morgan fingerprint density at radius 1 is 0.889 bits per heavy atom. The Morgan fingerprint density at radius 3 is 2.48 bits per heavy atom. The summed E-state index contributed by atoms with van der Waals surface area (Å²) >= 11 is 0. The lowest BCUT2D eigenvalue weighted by molar-refractivity contribution is -0.274. The zero-order chi connectivity index (χ0) is 19.0. The Kier molecular flexibility index (Phi) is 4.07. The molecular formula is C20H14F3N3O. The van der Waals surface area contributed by atoms with Crippen molar-refractivity contribution >= 4 is 5.65 Å². The Morgan fingerprint density at radius 2 is 1.70 bits per heavy atom. The number of fused-ring (bicyclic) bond motifs is 1. The van der Waals surface area contributed by atoms with Gasteiger partial charge in [-0.15, -0.1) is 23.4 Å². The highest BCUT2D eigenvalue weighted by molar-refractivity contribution is 5.70. The van der Waals surface area contributed by atoms with Crippen molar-refractivity contribution in [3.05, 3.63) is 72.4 Å². The average Bonchev–Trinajstić information content (AvgIpc) is 3.04. The third kappa shape index (κ3) is 3.48. The Bertz CT molecular complexity index is 1120. The van der Waals surface area contributed by atoms with Gasteiger partial charge in [-0.1, -0.05) is 36.4 Å². The van der Waals surface area contributed by atoms with Gasteiger partial charge < -0.3 is 4.74 Å². The number of pyridine rings is 1. The summed E-state index contributed by atoms with van der Waals surface area (Å²) in [6.45, 7) is 2.02. The fourth-order valence-electron chi connectivity index (χ4n) is 2.98. The van der Waals surface area contributed by atoms with E-state index >= 15 is 0 Å². The number of aryl methyl sites for hydroxylation is 1. The minimum atomic E-state index is -4.75. The summed E-state index contributed by atoms with van der Waals surface area (Å²) in [7, 11) is 0. The number of halogens is 3. The van der Waals surface area contributed by atoms with Crippen molar-refractivity contribution < 1.29 is 17.9 Å². The normalized spacial score (nSPS) is 11.7. The molecule has 0 aliphatic carbocycles. The van der Waals surface area contributed by atoms with Crippen LogP contribution in [0.2, 0.25) is 0 Å². The fraction of sp³-hybridized carbons (Fsp3) is 0.100. The number of rotatable bonds is 3. The highest BCUT2D eigenvalue weighted by Gasteiger charge is 2.31. The van der Waals surface area contributed by atoms with Crippen LogP contribution in [-0.4, -0.2) is 21.0 Å². The molecule has 2 heterocycles. The minimum absolute atomic E-state index is 0.299. The van der Waals surface area contributed by atoms with Gasteiger partial charge in [0.2, 0.25) is 0 Å². The van der Waals surface area contributed by atoms with Gasteiger partial charge in [-0.2, -0.15) is 0 Å². The molecule has 136 valence electrons. The van der Waals surface area contributed by atoms with E-state index in [9.17, 15) is 13.2 Å². The molecule has 0 atom stereocenters. The summed E-state index contributed by atoms with van der Waals surface area (Å²) in [5.41, 5.74) is 4.22. The Labute approximate surface area is 152 Å². The van der Waals surface area contributed by atoms with Crippen molar-refractivity contribution in [2.24, 2.45) is 0 Å². The van der Waals surface area contributed by atoms with Crippen LogP contribution in [0.4, 0.5) is 13.2 Å². The zero-order valence-corrected chi connectivity index (χ0v) is 14.2. The first kappa shape index (κ1) is 17.1. The van der Waals surface area contributed by atoms with Gasteiger partial charge in [-0.3, -0.25) is 4.40 Å². The van der Waals surface area contributed by atoms with Crippen LogP contribution >= 0.6 is 0 Å². The van der Waals surface area contributed by atoms with Crippen LogP contribution in [0.3, 0.4) is 0 Å². The largest absolute Gasteiger partial charge is 0.573 e. The molecule has 0 amide bonds. The van der Waals surface area contributed by atoms with E-state index in [0.717, 1.165) is 16.7 Å². The van der Waals surface area contributed by atoms with E-state index < -0.39 is 6.36 Å². The van der Waals surface area contributed by atoms with Crippen LogP contribution in [0, 0.1) is 6.92 Å². The van der Waals surface area contributed by atoms with E-state index in [1.54, 1.807) is 10.5 Å². The summed E-state index contributed by atoms with van der Waals surface area (Å²) in [5, 5.41) is 8.24. The molecule has 0 saturated carbocycles. The van der Waals surface area contributed by atoms with Crippen LogP contribution in [0.1, 0.15) is 5.56 Å². The maximum absolute atomic E-state index is 12.5. The molecule has 2 aromatic carbocycles.